The van der Waals surface area contributed by atoms with Crippen molar-refractivity contribution in [2.24, 2.45) is 0 Å². The van der Waals surface area contributed by atoms with Crippen molar-refractivity contribution in [3.8, 4) is 0 Å². The zero-order valence-electron chi connectivity index (χ0n) is 13.6. The van der Waals surface area contributed by atoms with Crippen molar-refractivity contribution < 1.29 is 0 Å². The van der Waals surface area contributed by atoms with Crippen molar-refractivity contribution in [2.75, 3.05) is 0 Å². The molecule has 0 aromatic rings. The molecule has 0 fully saturated rings. The van der Waals surface area contributed by atoms with Gasteiger partial charge in [-0.1, -0.05) is 74.9 Å². The maximum absolute atomic E-state index is 3.99. The average molecular weight is 280 g/mol. The molecule has 0 radical (unpaired) electrons. The van der Waals surface area contributed by atoms with E-state index in [9.17, 15) is 0 Å². The molecule has 0 unspecified atom stereocenters. The first-order valence-corrected chi connectivity index (χ1v) is 6.76. The standard InChI is InChI=1S/C19H24.C2H4/c1-8-9-10-16(4)18(6)13-14-19(7)17(5)12-11-15(2)3;1-2/h8-9,11-14H,2,4-7,10H2,1,3H3;1-2H2/b9-8-,12-11-,14-13-;. The first-order chi connectivity index (χ1) is 9.88. The highest BCUT2D eigenvalue weighted by molar-refractivity contribution is 5.47. The van der Waals surface area contributed by atoms with Gasteiger partial charge in [0.05, 0.1) is 0 Å². The Morgan fingerprint density at radius 3 is 1.62 bits per heavy atom. The Morgan fingerprint density at radius 2 is 1.19 bits per heavy atom. The molecular formula is C21H28. The van der Waals surface area contributed by atoms with E-state index in [0.717, 1.165) is 34.3 Å². The van der Waals surface area contributed by atoms with Crippen LogP contribution in [0, 0.1) is 0 Å². The molecule has 0 aliphatic carbocycles. The molecule has 112 valence electrons. The Morgan fingerprint density at radius 1 is 0.762 bits per heavy atom. The quantitative estimate of drug-likeness (QED) is 0.344. The maximum Gasteiger partial charge on any atom is -0.00977 e. The fourth-order valence-corrected chi connectivity index (χ4v) is 1.17. The zero-order valence-corrected chi connectivity index (χ0v) is 13.6. The second kappa shape index (κ2) is 12.7. The molecule has 0 heteroatoms. The van der Waals surface area contributed by atoms with E-state index in [0.29, 0.717) is 0 Å². The molecule has 0 spiro atoms. The molecule has 0 aromatic heterocycles. The molecule has 0 bridgehead atoms. The number of rotatable bonds is 8. The fraction of sp³-hybridized carbons (Fsp3) is 0.143. The average Bonchev–Trinajstić information content (AvgIpc) is 2.49. The van der Waals surface area contributed by atoms with Gasteiger partial charge in [-0.3, -0.25) is 0 Å². The minimum Gasteiger partial charge on any atom is -0.106 e. The first-order valence-electron chi connectivity index (χ1n) is 6.76. The van der Waals surface area contributed by atoms with Crippen molar-refractivity contribution in [3.05, 3.63) is 110 Å². The summed E-state index contributed by atoms with van der Waals surface area (Å²) < 4.78 is 0. The summed E-state index contributed by atoms with van der Waals surface area (Å²) in [4.78, 5) is 0. The molecule has 0 aliphatic rings. The Hall–Kier alpha value is -2.34. The highest BCUT2D eigenvalue weighted by Crippen LogP contribution is 2.15. The van der Waals surface area contributed by atoms with Crippen molar-refractivity contribution >= 4 is 0 Å². The van der Waals surface area contributed by atoms with Gasteiger partial charge < -0.3 is 0 Å². The minimum absolute atomic E-state index is 0.822. The van der Waals surface area contributed by atoms with Crippen LogP contribution in [-0.2, 0) is 0 Å². The first kappa shape index (κ1) is 21.0. The van der Waals surface area contributed by atoms with Crippen LogP contribution in [0.5, 0.6) is 0 Å². The number of allylic oxidation sites excluding steroid dienone is 11. The molecule has 0 amide bonds. The summed E-state index contributed by atoms with van der Waals surface area (Å²) in [6.45, 7) is 29.7. The summed E-state index contributed by atoms with van der Waals surface area (Å²) in [7, 11) is 0. The molecule has 0 saturated heterocycles. The lowest BCUT2D eigenvalue weighted by molar-refractivity contribution is 1.26. The van der Waals surface area contributed by atoms with Crippen LogP contribution in [-0.4, -0.2) is 0 Å². The van der Waals surface area contributed by atoms with Gasteiger partial charge in [0, 0.05) is 0 Å². The third-order valence-electron chi connectivity index (χ3n) is 2.52. The van der Waals surface area contributed by atoms with Crippen molar-refractivity contribution in [2.45, 2.75) is 20.3 Å². The predicted molar refractivity (Wildman–Crippen MR) is 100 cm³/mol. The molecule has 0 atom stereocenters. The van der Waals surface area contributed by atoms with Gasteiger partial charge in [-0.05, 0) is 42.6 Å². The molecule has 0 aromatic carbocycles. The summed E-state index contributed by atoms with van der Waals surface area (Å²) in [5, 5.41) is 0. The van der Waals surface area contributed by atoms with Crippen LogP contribution in [0.1, 0.15) is 20.3 Å². The highest BCUT2D eigenvalue weighted by atomic mass is 14.0. The van der Waals surface area contributed by atoms with E-state index >= 15 is 0 Å². The highest BCUT2D eigenvalue weighted by Gasteiger charge is 1.96. The van der Waals surface area contributed by atoms with Crippen molar-refractivity contribution in [3.63, 3.8) is 0 Å². The SMILES string of the molecule is C=C.C=C(C)/C=C\C(=C)C(=C)/C=C\C(=C)C(=C)C/C=C\C. The Balaban J connectivity index is 0. The van der Waals surface area contributed by atoms with Gasteiger partial charge in [-0.25, -0.2) is 0 Å². The monoisotopic (exact) mass is 280 g/mol. The number of hydrogen-bond donors (Lipinski definition) is 0. The third-order valence-corrected chi connectivity index (χ3v) is 2.52. The van der Waals surface area contributed by atoms with Crippen LogP contribution in [0.2, 0.25) is 0 Å². The van der Waals surface area contributed by atoms with Gasteiger partial charge in [0.1, 0.15) is 0 Å². The van der Waals surface area contributed by atoms with E-state index in [2.05, 4.69) is 52.1 Å². The second-order valence-electron chi connectivity index (χ2n) is 4.47. The van der Waals surface area contributed by atoms with Crippen LogP contribution >= 0.6 is 0 Å². The van der Waals surface area contributed by atoms with Gasteiger partial charge in [0.15, 0.2) is 0 Å². The normalized spacial score (nSPS) is 10.4. The van der Waals surface area contributed by atoms with Crippen LogP contribution in [0.15, 0.2) is 110 Å². The van der Waals surface area contributed by atoms with Crippen molar-refractivity contribution in [1.82, 2.24) is 0 Å². The predicted octanol–water partition coefficient (Wildman–Crippen LogP) is 6.67. The summed E-state index contributed by atoms with van der Waals surface area (Å²) in [6.07, 6.45) is 12.6. The third kappa shape index (κ3) is 11.2. The summed E-state index contributed by atoms with van der Waals surface area (Å²) in [5.41, 5.74) is 4.63. The maximum atomic E-state index is 3.99. The molecule has 21 heavy (non-hydrogen) atoms. The topological polar surface area (TPSA) is 0 Å². The van der Waals surface area contributed by atoms with Crippen LogP contribution in [0.25, 0.3) is 0 Å². The van der Waals surface area contributed by atoms with E-state index in [1.54, 1.807) is 0 Å². The van der Waals surface area contributed by atoms with Crippen LogP contribution < -0.4 is 0 Å². The van der Waals surface area contributed by atoms with Gasteiger partial charge in [0.25, 0.3) is 0 Å². The zero-order chi connectivity index (χ0) is 16.8. The summed E-state index contributed by atoms with van der Waals surface area (Å²) in [6, 6.07) is 0. The lowest BCUT2D eigenvalue weighted by atomic mass is 10.0. The molecular weight excluding hydrogens is 252 g/mol. The number of hydrogen-bond acceptors (Lipinski definition) is 0. The van der Waals surface area contributed by atoms with Gasteiger partial charge in [-0.15, -0.1) is 13.2 Å². The van der Waals surface area contributed by atoms with E-state index in [-0.39, 0.29) is 0 Å². The Kier molecular flexibility index (Phi) is 12.7. The lowest BCUT2D eigenvalue weighted by Gasteiger charge is -2.03. The lowest BCUT2D eigenvalue weighted by Crippen LogP contribution is -1.83. The molecule has 0 heterocycles. The Labute approximate surface area is 131 Å². The summed E-state index contributed by atoms with van der Waals surface area (Å²) in [5.74, 6) is 0. The Bertz CT molecular complexity index is 490. The van der Waals surface area contributed by atoms with Crippen LogP contribution in [0.4, 0.5) is 0 Å². The molecule has 0 rings (SSSR count). The smallest absolute Gasteiger partial charge is 0.00977 e. The summed E-state index contributed by atoms with van der Waals surface area (Å²) >= 11 is 0. The minimum atomic E-state index is 0.822. The molecule has 0 nitrogen and oxygen atoms in total. The molecule has 0 saturated carbocycles. The van der Waals surface area contributed by atoms with E-state index in [1.807, 2.05) is 44.2 Å². The van der Waals surface area contributed by atoms with E-state index < -0.39 is 0 Å². The van der Waals surface area contributed by atoms with E-state index in [4.69, 9.17) is 0 Å². The van der Waals surface area contributed by atoms with Crippen molar-refractivity contribution in [1.29, 1.82) is 0 Å². The fourth-order valence-electron chi connectivity index (χ4n) is 1.17. The van der Waals surface area contributed by atoms with Gasteiger partial charge in [-0.2, -0.15) is 0 Å². The molecule has 0 N–H and O–H groups in total. The second-order valence-corrected chi connectivity index (χ2v) is 4.47. The van der Waals surface area contributed by atoms with Crippen LogP contribution in [0.3, 0.4) is 0 Å². The van der Waals surface area contributed by atoms with Gasteiger partial charge >= 0.3 is 0 Å². The van der Waals surface area contributed by atoms with Gasteiger partial charge in [0.2, 0.25) is 0 Å². The largest absolute Gasteiger partial charge is 0.106 e. The molecule has 0 aliphatic heterocycles. The van der Waals surface area contributed by atoms with E-state index in [1.165, 1.54) is 0 Å².